The molecule has 0 saturated heterocycles. The zero-order chi connectivity index (χ0) is 12.9. The van der Waals surface area contributed by atoms with Crippen LogP contribution in [-0.4, -0.2) is 23.3 Å². The van der Waals surface area contributed by atoms with Gasteiger partial charge in [0.2, 0.25) is 0 Å². The van der Waals surface area contributed by atoms with Crippen molar-refractivity contribution in [1.29, 1.82) is 0 Å². The van der Waals surface area contributed by atoms with E-state index < -0.39 is 0 Å². The molecule has 1 aromatic rings. The van der Waals surface area contributed by atoms with Gasteiger partial charge in [-0.2, -0.15) is 0 Å². The van der Waals surface area contributed by atoms with Crippen molar-refractivity contribution in [2.45, 2.75) is 45.2 Å². The second-order valence-corrected chi connectivity index (χ2v) is 5.41. The number of hydrogen-bond donors (Lipinski definition) is 2. The molecule has 2 N–H and O–H groups in total. The molecule has 2 unspecified atom stereocenters. The molecule has 0 aliphatic rings. The van der Waals surface area contributed by atoms with E-state index in [1.54, 1.807) is 0 Å². The highest BCUT2D eigenvalue weighted by Crippen LogP contribution is 2.17. The van der Waals surface area contributed by atoms with Gasteiger partial charge in [-0.3, -0.25) is 0 Å². The fraction of sp³-hybridized carbons (Fsp3) is 0.571. The molecule has 3 heteroatoms. The van der Waals surface area contributed by atoms with E-state index in [9.17, 15) is 5.11 Å². The topological polar surface area (TPSA) is 32.3 Å². The molecule has 17 heavy (non-hydrogen) atoms. The van der Waals surface area contributed by atoms with Gasteiger partial charge >= 0.3 is 0 Å². The molecule has 1 rings (SSSR count). The van der Waals surface area contributed by atoms with Crippen LogP contribution in [0.1, 0.15) is 32.8 Å². The maximum Gasteiger partial charge on any atom is 0.0613 e. The molecular weight excluding hydrogens is 234 g/mol. The van der Waals surface area contributed by atoms with Crippen LogP contribution in [0.25, 0.3) is 0 Å². The van der Waals surface area contributed by atoms with Gasteiger partial charge in [0.25, 0.3) is 0 Å². The van der Waals surface area contributed by atoms with Crippen molar-refractivity contribution < 1.29 is 5.11 Å². The number of nitrogens with one attached hydrogen (secondary N) is 1. The molecule has 0 saturated carbocycles. The summed E-state index contributed by atoms with van der Waals surface area (Å²) in [6, 6.07) is 8.19. The molecule has 0 heterocycles. The summed E-state index contributed by atoms with van der Waals surface area (Å²) in [5.41, 5.74) is 0.908. The van der Waals surface area contributed by atoms with E-state index in [1.807, 2.05) is 31.2 Å². The predicted octanol–water partition coefficient (Wildman–Crippen LogP) is 3.02. The summed E-state index contributed by atoms with van der Waals surface area (Å²) < 4.78 is 0. The highest BCUT2D eigenvalue weighted by Gasteiger charge is 2.24. The number of aliphatic hydroxyl groups excluding tert-OH is 1. The minimum atomic E-state index is -0.275. The molecular formula is C14H22ClNO. The van der Waals surface area contributed by atoms with E-state index in [-0.39, 0.29) is 12.1 Å². The Kier molecular flexibility index (Phi) is 5.44. The third kappa shape index (κ3) is 4.66. The van der Waals surface area contributed by atoms with Gasteiger partial charge < -0.3 is 10.4 Å². The fourth-order valence-electron chi connectivity index (χ4n) is 1.90. The van der Waals surface area contributed by atoms with E-state index >= 15 is 0 Å². The lowest BCUT2D eigenvalue weighted by Gasteiger charge is -2.32. The average Bonchev–Trinajstić information content (AvgIpc) is 2.32. The Bertz CT molecular complexity index is 339. The van der Waals surface area contributed by atoms with Crippen LogP contribution in [0, 0.1) is 0 Å². The Morgan fingerprint density at radius 3 is 2.41 bits per heavy atom. The summed E-state index contributed by atoms with van der Waals surface area (Å²) in [6.07, 6.45) is 1.85. The van der Waals surface area contributed by atoms with Crippen LogP contribution in [0.3, 0.4) is 0 Å². The molecule has 0 amide bonds. The van der Waals surface area contributed by atoms with Gasteiger partial charge in [-0.25, -0.2) is 0 Å². The van der Waals surface area contributed by atoms with Crippen LogP contribution in [0.4, 0.5) is 0 Å². The number of benzene rings is 1. The lowest BCUT2D eigenvalue weighted by molar-refractivity contribution is 0.161. The number of halogens is 1. The molecule has 96 valence electrons. The quantitative estimate of drug-likeness (QED) is 0.819. The van der Waals surface area contributed by atoms with Gasteiger partial charge in [0.1, 0.15) is 0 Å². The summed E-state index contributed by atoms with van der Waals surface area (Å²) in [5.74, 6) is 0. The third-order valence-corrected chi connectivity index (χ3v) is 3.32. The van der Waals surface area contributed by atoms with E-state index in [0.717, 1.165) is 17.9 Å². The summed E-state index contributed by atoms with van der Waals surface area (Å²) in [4.78, 5) is 0. The van der Waals surface area contributed by atoms with Gasteiger partial charge in [0, 0.05) is 16.6 Å². The first-order valence-corrected chi connectivity index (χ1v) is 6.50. The number of hydrogen-bond acceptors (Lipinski definition) is 2. The molecule has 1 aromatic carbocycles. The molecule has 0 aliphatic heterocycles. The Morgan fingerprint density at radius 2 is 1.94 bits per heavy atom. The van der Waals surface area contributed by atoms with E-state index in [4.69, 9.17) is 11.6 Å². The van der Waals surface area contributed by atoms with Gasteiger partial charge in [-0.15, -0.1) is 0 Å². The molecule has 0 spiro atoms. The molecule has 0 fully saturated rings. The monoisotopic (exact) mass is 255 g/mol. The van der Waals surface area contributed by atoms with Crippen molar-refractivity contribution in [3.8, 4) is 0 Å². The predicted molar refractivity (Wildman–Crippen MR) is 73.5 cm³/mol. The first-order valence-electron chi connectivity index (χ1n) is 6.12. The maximum atomic E-state index is 9.56. The molecule has 0 radical (unpaired) electrons. The fourth-order valence-corrected chi connectivity index (χ4v) is 2.03. The van der Waals surface area contributed by atoms with Crippen LogP contribution < -0.4 is 5.32 Å². The van der Waals surface area contributed by atoms with Crippen molar-refractivity contribution in [2.75, 3.05) is 6.61 Å². The molecule has 0 aliphatic carbocycles. The Balaban J connectivity index is 2.70. The minimum Gasteiger partial charge on any atom is -0.394 e. The van der Waals surface area contributed by atoms with Crippen LogP contribution in [0.5, 0.6) is 0 Å². The molecule has 2 atom stereocenters. The lowest BCUT2D eigenvalue weighted by Crippen LogP contribution is -2.51. The van der Waals surface area contributed by atoms with E-state index in [0.29, 0.717) is 6.04 Å². The van der Waals surface area contributed by atoms with Crippen molar-refractivity contribution in [2.24, 2.45) is 0 Å². The second-order valence-electron chi connectivity index (χ2n) is 4.98. The zero-order valence-electron chi connectivity index (χ0n) is 10.8. The van der Waals surface area contributed by atoms with Crippen LogP contribution >= 0.6 is 11.6 Å². The third-order valence-electron chi connectivity index (χ3n) is 3.06. The van der Waals surface area contributed by atoms with Crippen LogP contribution in [-0.2, 0) is 6.42 Å². The minimum absolute atomic E-state index is 0.125. The first-order chi connectivity index (χ1) is 7.99. The van der Waals surface area contributed by atoms with E-state index in [1.165, 1.54) is 5.56 Å². The highest BCUT2D eigenvalue weighted by molar-refractivity contribution is 6.30. The normalized spacial score (nSPS) is 16.5. The zero-order valence-corrected chi connectivity index (χ0v) is 11.6. The SMILES string of the molecule is CCC(C)NC(C)(CO)Cc1ccc(Cl)cc1. The van der Waals surface area contributed by atoms with Gasteiger partial charge in [-0.05, 0) is 44.4 Å². The van der Waals surface area contributed by atoms with Gasteiger partial charge in [-0.1, -0.05) is 30.7 Å². The number of rotatable bonds is 6. The Morgan fingerprint density at radius 1 is 1.35 bits per heavy atom. The smallest absolute Gasteiger partial charge is 0.0613 e. The standard InChI is InChI=1S/C14H22ClNO/c1-4-11(2)16-14(3,10-17)9-12-5-7-13(15)8-6-12/h5-8,11,16-17H,4,9-10H2,1-3H3. The summed E-state index contributed by atoms with van der Waals surface area (Å²) in [5, 5.41) is 13.8. The average molecular weight is 256 g/mol. The summed E-state index contributed by atoms with van der Waals surface area (Å²) in [7, 11) is 0. The van der Waals surface area contributed by atoms with E-state index in [2.05, 4.69) is 19.2 Å². The Labute approximate surface area is 109 Å². The van der Waals surface area contributed by atoms with Crippen LogP contribution in [0.2, 0.25) is 5.02 Å². The molecule has 0 aromatic heterocycles. The maximum absolute atomic E-state index is 9.56. The van der Waals surface area contributed by atoms with Crippen LogP contribution in [0.15, 0.2) is 24.3 Å². The van der Waals surface area contributed by atoms with Crippen molar-refractivity contribution in [3.63, 3.8) is 0 Å². The highest BCUT2D eigenvalue weighted by atomic mass is 35.5. The molecule has 0 bridgehead atoms. The molecule has 2 nitrogen and oxygen atoms in total. The number of aliphatic hydroxyl groups is 1. The van der Waals surface area contributed by atoms with Gasteiger partial charge in [0.15, 0.2) is 0 Å². The van der Waals surface area contributed by atoms with Gasteiger partial charge in [0.05, 0.1) is 6.61 Å². The summed E-state index contributed by atoms with van der Waals surface area (Å²) in [6.45, 7) is 6.45. The second kappa shape index (κ2) is 6.39. The van der Waals surface area contributed by atoms with Crippen molar-refractivity contribution in [1.82, 2.24) is 5.32 Å². The lowest BCUT2D eigenvalue weighted by atomic mass is 9.92. The summed E-state index contributed by atoms with van der Waals surface area (Å²) >= 11 is 5.86. The Hall–Kier alpha value is -0.570. The largest absolute Gasteiger partial charge is 0.394 e. The first kappa shape index (κ1) is 14.5. The van der Waals surface area contributed by atoms with Crippen molar-refractivity contribution in [3.05, 3.63) is 34.9 Å². The van der Waals surface area contributed by atoms with Crippen molar-refractivity contribution >= 4 is 11.6 Å².